The molecule has 0 saturated carbocycles. The molecule has 6 heteroatoms. The second-order valence-corrected chi connectivity index (χ2v) is 6.31. The Bertz CT molecular complexity index is 424. The molecule has 0 bridgehead atoms. The summed E-state index contributed by atoms with van der Waals surface area (Å²) in [7, 11) is 0. The summed E-state index contributed by atoms with van der Waals surface area (Å²) in [6.45, 7) is 6.32. The van der Waals surface area contributed by atoms with E-state index in [2.05, 4.69) is 4.90 Å². The lowest BCUT2D eigenvalue weighted by Crippen LogP contribution is -2.53. The number of carbonyl (C=O) groups excluding carboxylic acids is 1. The summed E-state index contributed by atoms with van der Waals surface area (Å²) >= 11 is 0. The number of ether oxygens (including phenoxy) is 1. The molecular formula is C15H25NO5. The summed E-state index contributed by atoms with van der Waals surface area (Å²) in [5.74, 6) is -1.28. The first-order valence-electron chi connectivity index (χ1n) is 7.47. The molecule has 21 heavy (non-hydrogen) atoms. The molecule has 1 unspecified atom stereocenters. The second kappa shape index (κ2) is 6.04. The predicted molar refractivity (Wildman–Crippen MR) is 76.5 cm³/mol. The van der Waals surface area contributed by atoms with Gasteiger partial charge in [-0.15, -0.1) is 0 Å². The number of fused-ring (bicyclic) bond motifs is 1. The molecule has 0 radical (unpaired) electrons. The summed E-state index contributed by atoms with van der Waals surface area (Å²) < 4.78 is 5.22. The molecule has 6 nitrogen and oxygen atoms in total. The van der Waals surface area contributed by atoms with Gasteiger partial charge in [0, 0.05) is 13.1 Å². The zero-order chi connectivity index (χ0) is 15.8. The van der Waals surface area contributed by atoms with Gasteiger partial charge in [0.05, 0.1) is 18.2 Å². The first-order valence-corrected chi connectivity index (χ1v) is 7.47. The van der Waals surface area contributed by atoms with Crippen molar-refractivity contribution in [2.75, 3.05) is 19.7 Å². The number of carbonyl (C=O) groups is 1. The predicted octanol–water partition coefficient (Wildman–Crippen LogP) is -0.327. The van der Waals surface area contributed by atoms with Gasteiger partial charge in [-0.25, -0.2) is 4.79 Å². The number of hydrogen-bond acceptors (Lipinski definition) is 6. The Balaban J connectivity index is 1.98. The van der Waals surface area contributed by atoms with Gasteiger partial charge in [-0.1, -0.05) is 19.9 Å². The molecule has 1 fully saturated rings. The highest BCUT2D eigenvalue weighted by molar-refractivity contribution is 5.80. The Hall–Kier alpha value is -0.950. The van der Waals surface area contributed by atoms with E-state index in [1.807, 2.05) is 6.08 Å². The number of esters is 1. The molecule has 2 heterocycles. The highest BCUT2D eigenvalue weighted by Gasteiger charge is 2.46. The third-order valence-corrected chi connectivity index (χ3v) is 4.65. The van der Waals surface area contributed by atoms with E-state index in [0.29, 0.717) is 0 Å². The van der Waals surface area contributed by atoms with E-state index in [1.165, 1.54) is 6.92 Å². The number of nitrogens with zero attached hydrogens (tertiary/aromatic N) is 1. The normalized spacial score (nSPS) is 30.0. The Morgan fingerprint density at radius 3 is 2.76 bits per heavy atom. The van der Waals surface area contributed by atoms with Crippen molar-refractivity contribution in [1.82, 2.24) is 4.90 Å². The first-order chi connectivity index (χ1) is 9.78. The van der Waals surface area contributed by atoms with Crippen LogP contribution in [0.3, 0.4) is 0 Å². The number of aliphatic hydroxyl groups is 3. The van der Waals surface area contributed by atoms with Crippen LogP contribution in [0.1, 0.15) is 27.2 Å². The summed E-state index contributed by atoms with van der Waals surface area (Å²) in [6.07, 6.45) is 1.03. The molecule has 0 amide bonds. The SMILES string of the molecule is CC(C)[C@@](O)(C(=O)OCC1=CCN2CC[C@H](O)C12)[C@H](C)O. The minimum Gasteiger partial charge on any atom is -0.459 e. The number of aliphatic hydroxyl groups excluding tert-OH is 2. The minimum atomic E-state index is -1.91. The van der Waals surface area contributed by atoms with Crippen LogP contribution in [0.25, 0.3) is 0 Å². The Morgan fingerprint density at radius 2 is 2.19 bits per heavy atom. The van der Waals surface area contributed by atoms with Crippen molar-refractivity contribution >= 4 is 5.97 Å². The van der Waals surface area contributed by atoms with E-state index < -0.39 is 29.7 Å². The highest BCUT2D eigenvalue weighted by atomic mass is 16.6. The lowest BCUT2D eigenvalue weighted by Gasteiger charge is -2.32. The van der Waals surface area contributed by atoms with E-state index in [0.717, 1.165) is 25.1 Å². The van der Waals surface area contributed by atoms with Gasteiger partial charge < -0.3 is 20.1 Å². The number of hydrogen-bond donors (Lipinski definition) is 3. The van der Waals surface area contributed by atoms with Crippen LogP contribution in [0.4, 0.5) is 0 Å². The largest absolute Gasteiger partial charge is 0.459 e. The first kappa shape index (κ1) is 16.4. The maximum absolute atomic E-state index is 12.1. The van der Waals surface area contributed by atoms with Gasteiger partial charge in [0.2, 0.25) is 0 Å². The monoisotopic (exact) mass is 299 g/mol. The van der Waals surface area contributed by atoms with Crippen LogP contribution in [-0.4, -0.2) is 69.7 Å². The fraction of sp³-hybridized carbons (Fsp3) is 0.800. The Labute approximate surface area is 125 Å². The van der Waals surface area contributed by atoms with Crippen LogP contribution in [0.2, 0.25) is 0 Å². The third-order valence-electron chi connectivity index (χ3n) is 4.65. The zero-order valence-electron chi connectivity index (χ0n) is 12.8. The molecule has 1 saturated heterocycles. The molecule has 2 aliphatic heterocycles. The third kappa shape index (κ3) is 2.85. The van der Waals surface area contributed by atoms with Crippen molar-refractivity contribution in [1.29, 1.82) is 0 Å². The van der Waals surface area contributed by atoms with E-state index in [-0.39, 0.29) is 12.6 Å². The average molecular weight is 299 g/mol. The maximum atomic E-state index is 12.1. The molecular weight excluding hydrogens is 274 g/mol. The van der Waals surface area contributed by atoms with E-state index >= 15 is 0 Å². The molecule has 0 aromatic rings. The van der Waals surface area contributed by atoms with Crippen molar-refractivity contribution in [3.63, 3.8) is 0 Å². The van der Waals surface area contributed by atoms with Crippen LogP contribution in [0.5, 0.6) is 0 Å². The Kier molecular flexibility index (Phi) is 4.72. The van der Waals surface area contributed by atoms with Crippen LogP contribution >= 0.6 is 0 Å². The molecule has 4 atom stereocenters. The molecule has 0 aliphatic carbocycles. The highest BCUT2D eigenvalue weighted by Crippen LogP contribution is 2.30. The van der Waals surface area contributed by atoms with Gasteiger partial charge in [-0.2, -0.15) is 0 Å². The quantitative estimate of drug-likeness (QED) is 0.476. The zero-order valence-corrected chi connectivity index (χ0v) is 12.8. The van der Waals surface area contributed by atoms with Crippen molar-refractivity contribution < 1.29 is 24.9 Å². The van der Waals surface area contributed by atoms with E-state index in [1.54, 1.807) is 13.8 Å². The lowest BCUT2D eigenvalue weighted by atomic mass is 9.85. The standard InChI is InChI=1S/C15H25NO5/c1-9(2)15(20,10(3)17)14(19)21-8-11-4-6-16-7-5-12(18)13(11)16/h4,9-10,12-13,17-18,20H,5-8H2,1-3H3/t10-,12-,13?,15-/m0/s1. The van der Waals surface area contributed by atoms with Crippen molar-refractivity contribution in [3.05, 3.63) is 11.6 Å². The van der Waals surface area contributed by atoms with Crippen LogP contribution in [0, 0.1) is 5.92 Å². The second-order valence-electron chi connectivity index (χ2n) is 6.31. The minimum absolute atomic E-state index is 0.0405. The number of rotatable bonds is 5. The Morgan fingerprint density at radius 1 is 1.52 bits per heavy atom. The molecule has 2 aliphatic rings. The average Bonchev–Trinajstić information content (AvgIpc) is 2.98. The molecule has 0 aromatic heterocycles. The smallest absolute Gasteiger partial charge is 0.341 e. The summed E-state index contributed by atoms with van der Waals surface area (Å²) in [5.41, 5.74) is -1.04. The van der Waals surface area contributed by atoms with E-state index in [9.17, 15) is 20.1 Å². The van der Waals surface area contributed by atoms with Gasteiger partial charge >= 0.3 is 5.97 Å². The topological polar surface area (TPSA) is 90.2 Å². The molecule has 3 N–H and O–H groups in total. The molecule has 0 spiro atoms. The summed E-state index contributed by atoms with van der Waals surface area (Å²) in [4.78, 5) is 14.3. The van der Waals surface area contributed by atoms with Gasteiger partial charge in [0.15, 0.2) is 5.60 Å². The lowest BCUT2D eigenvalue weighted by molar-refractivity contribution is -0.183. The molecule has 2 rings (SSSR count). The van der Waals surface area contributed by atoms with Crippen molar-refractivity contribution in [2.45, 2.75) is 51.0 Å². The van der Waals surface area contributed by atoms with Crippen LogP contribution in [0.15, 0.2) is 11.6 Å². The fourth-order valence-electron chi connectivity index (χ4n) is 3.18. The van der Waals surface area contributed by atoms with Crippen molar-refractivity contribution in [2.24, 2.45) is 5.92 Å². The van der Waals surface area contributed by atoms with Crippen LogP contribution in [-0.2, 0) is 9.53 Å². The van der Waals surface area contributed by atoms with Gasteiger partial charge in [0.25, 0.3) is 0 Å². The van der Waals surface area contributed by atoms with Crippen molar-refractivity contribution in [3.8, 4) is 0 Å². The fourth-order valence-corrected chi connectivity index (χ4v) is 3.18. The van der Waals surface area contributed by atoms with Gasteiger partial charge in [-0.05, 0) is 24.8 Å². The maximum Gasteiger partial charge on any atom is 0.341 e. The van der Waals surface area contributed by atoms with Crippen LogP contribution < -0.4 is 0 Å². The summed E-state index contributed by atoms with van der Waals surface area (Å²) in [5, 5.41) is 30.0. The molecule has 0 aromatic carbocycles. The van der Waals surface area contributed by atoms with Gasteiger partial charge in [-0.3, -0.25) is 4.90 Å². The van der Waals surface area contributed by atoms with E-state index in [4.69, 9.17) is 4.74 Å². The molecule has 120 valence electrons. The summed E-state index contributed by atoms with van der Waals surface area (Å²) in [6, 6.07) is -0.0866. The van der Waals surface area contributed by atoms with Gasteiger partial charge in [0.1, 0.15) is 6.61 Å².